The van der Waals surface area contributed by atoms with E-state index in [1.54, 1.807) is 0 Å². The molecule has 68 valence electrons. The summed E-state index contributed by atoms with van der Waals surface area (Å²) >= 11 is 0. The highest BCUT2D eigenvalue weighted by molar-refractivity contribution is 5.05. The molecular formula is C10H17NO. The molecule has 2 heteroatoms. The van der Waals surface area contributed by atoms with Gasteiger partial charge in [-0.15, -0.1) is 0 Å². The number of rotatable bonds is 4. The minimum atomic E-state index is -0.691. The summed E-state index contributed by atoms with van der Waals surface area (Å²) in [5, 5.41) is 19.1. The van der Waals surface area contributed by atoms with Gasteiger partial charge in [0.05, 0.1) is 17.6 Å². The molecular weight excluding hydrogens is 150 g/mol. The van der Waals surface area contributed by atoms with Crippen molar-refractivity contribution in [1.82, 2.24) is 0 Å². The molecule has 12 heavy (non-hydrogen) atoms. The standard InChI is InChI=1S/C10H17NO/c1-3-8(7-11)10(12,4-2)9-5-6-9/h8-9,12H,3-6H2,1-2H3. The number of nitrogens with zero attached hydrogens (tertiary/aromatic N) is 1. The maximum absolute atomic E-state index is 10.2. The zero-order valence-electron chi connectivity index (χ0n) is 7.88. The van der Waals surface area contributed by atoms with Crippen LogP contribution in [0.15, 0.2) is 0 Å². The normalized spacial score (nSPS) is 24.2. The number of hydrogen-bond donors (Lipinski definition) is 1. The van der Waals surface area contributed by atoms with Gasteiger partial charge in [0, 0.05) is 0 Å². The van der Waals surface area contributed by atoms with E-state index in [4.69, 9.17) is 5.26 Å². The molecule has 0 aliphatic heterocycles. The van der Waals surface area contributed by atoms with Crippen molar-refractivity contribution < 1.29 is 5.11 Å². The molecule has 1 fully saturated rings. The molecule has 1 saturated carbocycles. The Labute approximate surface area is 74.2 Å². The number of aliphatic hydroxyl groups is 1. The maximum atomic E-state index is 10.2. The topological polar surface area (TPSA) is 44.0 Å². The zero-order chi connectivity index (χ0) is 9.19. The van der Waals surface area contributed by atoms with E-state index in [9.17, 15) is 5.11 Å². The van der Waals surface area contributed by atoms with E-state index in [0.29, 0.717) is 12.3 Å². The highest BCUT2D eigenvalue weighted by atomic mass is 16.3. The van der Waals surface area contributed by atoms with Gasteiger partial charge in [0.1, 0.15) is 0 Å². The van der Waals surface area contributed by atoms with E-state index < -0.39 is 5.60 Å². The number of nitriles is 1. The summed E-state index contributed by atoms with van der Waals surface area (Å²) in [6, 6.07) is 2.21. The average molecular weight is 167 g/mol. The Hall–Kier alpha value is -0.550. The second kappa shape index (κ2) is 3.45. The Bertz CT molecular complexity index is 193. The van der Waals surface area contributed by atoms with Crippen LogP contribution in [-0.4, -0.2) is 10.7 Å². The molecule has 0 bridgehead atoms. The molecule has 1 N–H and O–H groups in total. The van der Waals surface area contributed by atoms with Gasteiger partial charge in [-0.05, 0) is 31.6 Å². The SMILES string of the molecule is CCC(C#N)C(O)(CC)C1CC1. The quantitative estimate of drug-likeness (QED) is 0.696. The summed E-state index contributed by atoms with van der Waals surface area (Å²) in [6.07, 6.45) is 3.67. The maximum Gasteiger partial charge on any atom is 0.0830 e. The van der Waals surface area contributed by atoms with Crippen LogP contribution < -0.4 is 0 Å². The first-order valence-electron chi connectivity index (χ1n) is 4.81. The minimum absolute atomic E-state index is 0.171. The van der Waals surface area contributed by atoms with E-state index in [0.717, 1.165) is 19.3 Å². The third-order valence-corrected chi connectivity index (χ3v) is 3.02. The fourth-order valence-electron chi connectivity index (χ4n) is 1.96. The molecule has 0 radical (unpaired) electrons. The van der Waals surface area contributed by atoms with Crippen LogP contribution in [0.3, 0.4) is 0 Å². The summed E-state index contributed by atoms with van der Waals surface area (Å²) in [5.41, 5.74) is -0.691. The monoisotopic (exact) mass is 167 g/mol. The fourth-order valence-corrected chi connectivity index (χ4v) is 1.96. The first-order chi connectivity index (χ1) is 5.69. The molecule has 0 spiro atoms. The molecule has 0 saturated heterocycles. The molecule has 2 nitrogen and oxygen atoms in total. The smallest absolute Gasteiger partial charge is 0.0830 e. The van der Waals surface area contributed by atoms with Gasteiger partial charge in [-0.25, -0.2) is 0 Å². The van der Waals surface area contributed by atoms with Gasteiger partial charge in [0.2, 0.25) is 0 Å². The molecule has 0 aromatic heterocycles. The first-order valence-corrected chi connectivity index (χ1v) is 4.81. The third kappa shape index (κ3) is 1.47. The van der Waals surface area contributed by atoms with E-state index >= 15 is 0 Å². The third-order valence-electron chi connectivity index (χ3n) is 3.02. The Balaban J connectivity index is 2.70. The summed E-state index contributed by atoms with van der Waals surface area (Å²) in [4.78, 5) is 0. The molecule has 1 aliphatic carbocycles. The van der Waals surface area contributed by atoms with Gasteiger partial charge in [-0.3, -0.25) is 0 Å². The second-order valence-corrected chi connectivity index (χ2v) is 3.71. The zero-order valence-corrected chi connectivity index (χ0v) is 7.88. The van der Waals surface area contributed by atoms with E-state index in [1.165, 1.54) is 0 Å². The van der Waals surface area contributed by atoms with Crippen molar-refractivity contribution in [2.45, 2.75) is 45.1 Å². The van der Waals surface area contributed by atoms with Crippen LogP contribution in [0.25, 0.3) is 0 Å². The predicted molar refractivity (Wildman–Crippen MR) is 47.4 cm³/mol. The largest absolute Gasteiger partial charge is 0.388 e. The Kier molecular flexibility index (Phi) is 2.74. The lowest BCUT2D eigenvalue weighted by Crippen LogP contribution is -2.38. The summed E-state index contributed by atoms with van der Waals surface area (Å²) in [5.74, 6) is 0.224. The van der Waals surface area contributed by atoms with Crippen LogP contribution >= 0.6 is 0 Å². The van der Waals surface area contributed by atoms with Gasteiger partial charge in [-0.1, -0.05) is 13.8 Å². The molecule has 0 heterocycles. The van der Waals surface area contributed by atoms with Gasteiger partial charge in [0.15, 0.2) is 0 Å². The van der Waals surface area contributed by atoms with Crippen LogP contribution in [0, 0.1) is 23.2 Å². The van der Waals surface area contributed by atoms with Gasteiger partial charge in [-0.2, -0.15) is 5.26 Å². The fraction of sp³-hybridized carbons (Fsp3) is 0.900. The minimum Gasteiger partial charge on any atom is -0.388 e. The van der Waals surface area contributed by atoms with Crippen molar-refractivity contribution in [1.29, 1.82) is 5.26 Å². The van der Waals surface area contributed by atoms with Crippen LogP contribution in [0.5, 0.6) is 0 Å². The van der Waals surface area contributed by atoms with Crippen LogP contribution in [-0.2, 0) is 0 Å². The second-order valence-electron chi connectivity index (χ2n) is 3.71. The molecule has 2 atom stereocenters. The van der Waals surface area contributed by atoms with Crippen LogP contribution in [0.4, 0.5) is 0 Å². The van der Waals surface area contributed by atoms with Crippen LogP contribution in [0.1, 0.15) is 39.5 Å². The highest BCUT2D eigenvalue weighted by Gasteiger charge is 2.47. The van der Waals surface area contributed by atoms with Crippen molar-refractivity contribution in [2.75, 3.05) is 0 Å². The molecule has 0 aromatic carbocycles. The summed E-state index contributed by atoms with van der Waals surface area (Å²) < 4.78 is 0. The van der Waals surface area contributed by atoms with Gasteiger partial charge in [0.25, 0.3) is 0 Å². The molecule has 1 aliphatic rings. The van der Waals surface area contributed by atoms with E-state index in [1.807, 2.05) is 13.8 Å². The molecule has 1 rings (SSSR count). The van der Waals surface area contributed by atoms with Gasteiger partial charge < -0.3 is 5.11 Å². The van der Waals surface area contributed by atoms with Crippen LogP contribution in [0.2, 0.25) is 0 Å². The molecule has 0 amide bonds. The van der Waals surface area contributed by atoms with Crippen molar-refractivity contribution >= 4 is 0 Å². The predicted octanol–water partition coefficient (Wildman–Crippen LogP) is 2.09. The lowest BCUT2D eigenvalue weighted by atomic mass is 9.80. The molecule has 0 aromatic rings. The Morgan fingerprint density at radius 3 is 2.42 bits per heavy atom. The van der Waals surface area contributed by atoms with E-state index in [-0.39, 0.29) is 5.92 Å². The van der Waals surface area contributed by atoms with Crippen molar-refractivity contribution in [2.24, 2.45) is 11.8 Å². The van der Waals surface area contributed by atoms with Gasteiger partial charge >= 0.3 is 0 Å². The lowest BCUT2D eigenvalue weighted by molar-refractivity contribution is -0.0241. The highest BCUT2D eigenvalue weighted by Crippen LogP contribution is 2.46. The van der Waals surface area contributed by atoms with E-state index in [2.05, 4.69) is 6.07 Å². The Morgan fingerprint density at radius 2 is 2.17 bits per heavy atom. The van der Waals surface area contributed by atoms with Crippen molar-refractivity contribution in [3.8, 4) is 6.07 Å². The van der Waals surface area contributed by atoms with Crippen molar-refractivity contribution in [3.63, 3.8) is 0 Å². The average Bonchev–Trinajstić information content (AvgIpc) is 2.88. The van der Waals surface area contributed by atoms with Crippen molar-refractivity contribution in [3.05, 3.63) is 0 Å². The lowest BCUT2D eigenvalue weighted by Gasteiger charge is -2.30. The first kappa shape index (κ1) is 9.54. The number of hydrogen-bond acceptors (Lipinski definition) is 2. The summed E-state index contributed by atoms with van der Waals surface area (Å²) in [7, 11) is 0. The molecule has 2 unspecified atom stereocenters. The Morgan fingerprint density at radius 1 is 1.58 bits per heavy atom. The summed E-state index contributed by atoms with van der Waals surface area (Å²) in [6.45, 7) is 3.94.